The van der Waals surface area contributed by atoms with E-state index in [4.69, 9.17) is 4.74 Å². The van der Waals surface area contributed by atoms with Crippen LogP contribution >= 0.6 is 0 Å². The molecule has 0 saturated heterocycles. The van der Waals surface area contributed by atoms with Crippen molar-refractivity contribution in [1.82, 2.24) is 15.0 Å². The summed E-state index contributed by atoms with van der Waals surface area (Å²) in [6.07, 6.45) is 7.20. The van der Waals surface area contributed by atoms with Crippen molar-refractivity contribution in [3.8, 4) is 11.8 Å². The van der Waals surface area contributed by atoms with Crippen LogP contribution in [0.1, 0.15) is 31.2 Å². The first kappa shape index (κ1) is 20.0. The summed E-state index contributed by atoms with van der Waals surface area (Å²) in [4.78, 5) is 12.3. The maximum absolute atomic E-state index is 11.8. The molecule has 4 rings (SSSR count). The summed E-state index contributed by atoms with van der Waals surface area (Å²) in [5.74, 6) is 1.26. The Morgan fingerprint density at radius 1 is 1.27 bits per heavy atom. The lowest BCUT2D eigenvalue weighted by Crippen LogP contribution is -2.16. The minimum atomic E-state index is -3.36. The number of aromatic nitrogens is 3. The number of fused-ring (bicyclic) bond motifs is 1. The normalized spacial score (nSPS) is 14.6. The Kier molecular flexibility index (Phi) is 5.22. The average Bonchev–Trinajstić information content (AvgIpc) is 3.37. The second-order valence-corrected chi connectivity index (χ2v) is 9.33. The molecule has 0 atom stereocenters. The smallest absolute Gasteiger partial charge is 0.231 e. The first-order valence-electron chi connectivity index (χ1n) is 9.60. The lowest BCUT2D eigenvalue weighted by atomic mass is 10.2. The molecule has 3 N–H and O–H groups in total. The van der Waals surface area contributed by atoms with Gasteiger partial charge < -0.3 is 20.4 Å². The highest BCUT2D eigenvalue weighted by atomic mass is 32.2. The van der Waals surface area contributed by atoms with Crippen LogP contribution in [0.5, 0.6) is 5.75 Å². The van der Waals surface area contributed by atoms with Gasteiger partial charge in [0.1, 0.15) is 23.3 Å². The molecule has 1 fully saturated rings. The van der Waals surface area contributed by atoms with Gasteiger partial charge in [-0.2, -0.15) is 15.2 Å². The van der Waals surface area contributed by atoms with Crippen molar-refractivity contribution in [2.24, 2.45) is 0 Å². The number of nitrogens with one attached hydrogen (secondary N) is 3. The highest BCUT2D eigenvalue weighted by molar-refractivity contribution is 7.90. The summed E-state index contributed by atoms with van der Waals surface area (Å²) in [6, 6.07) is 7.05. The molecule has 0 bridgehead atoms. The Hall–Kier alpha value is -3.32. The average molecular weight is 427 g/mol. The zero-order chi connectivity index (χ0) is 21.3. The number of H-pyrrole nitrogens is 1. The highest BCUT2D eigenvalue weighted by Crippen LogP contribution is 2.32. The molecule has 0 unspecified atom stereocenters. The quantitative estimate of drug-likeness (QED) is 0.547. The molecule has 10 heteroatoms. The molecule has 2 aromatic heterocycles. The van der Waals surface area contributed by atoms with E-state index in [1.54, 1.807) is 12.3 Å². The van der Waals surface area contributed by atoms with Crippen molar-refractivity contribution >= 4 is 38.3 Å². The second kappa shape index (κ2) is 7.84. The lowest BCUT2D eigenvalue weighted by Gasteiger charge is -2.16. The number of methoxy groups -OCH3 is 1. The number of nitriles is 1. The number of anilines is 3. The second-order valence-electron chi connectivity index (χ2n) is 7.32. The van der Waals surface area contributed by atoms with Gasteiger partial charge in [0.05, 0.1) is 28.6 Å². The SMILES string of the molecule is COc1cc(S(C)(=O)=O)ccc1Nc1nc(NC2CCCC2)c2c(C#N)c[nH]c2n1. The van der Waals surface area contributed by atoms with Crippen molar-refractivity contribution < 1.29 is 13.2 Å². The van der Waals surface area contributed by atoms with Crippen LogP contribution in [0.15, 0.2) is 29.3 Å². The van der Waals surface area contributed by atoms with Gasteiger partial charge in [0.2, 0.25) is 5.95 Å². The predicted molar refractivity (Wildman–Crippen MR) is 114 cm³/mol. The van der Waals surface area contributed by atoms with E-state index in [1.807, 2.05) is 0 Å². The third-order valence-electron chi connectivity index (χ3n) is 5.20. The van der Waals surface area contributed by atoms with Gasteiger partial charge in [-0.25, -0.2) is 8.42 Å². The van der Waals surface area contributed by atoms with Crippen molar-refractivity contribution in [3.63, 3.8) is 0 Å². The number of sulfone groups is 1. The molecule has 1 aromatic carbocycles. The standard InChI is InChI=1S/C20H22N6O3S/c1-29-16-9-14(30(2,27)28)7-8-15(16)24-20-25-18-17(12(10-21)11-22-18)19(26-20)23-13-5-3-4-6-13/h7-9,11,13H,3-6H2,1-2H3,(H3,22,23,24,25,26). The molecular formula is C20H22N6O3S. The molecule has 1 saturated carbocycles. The molecule has 9 nitrogen and oxygen atoms in total. The van der Waals surface area contributed by atoms with Crippen LogP contribution in [-0.4, -0.2) is 42.8 Å². The van der Waals surface area contributed by atoms with E-state index >= 15 is 0 Å². The summed E-state index contributed by atoms with van der Waals surface area (Å²) in [5.41, 5.74) is 1.55. The van der Waals surface area contributed by atoms with Crippen LogP contribution in [0, 0.1) is 11.3 Å². The molecule has 3 aromatic rings. The molecule has 2 heterocycles. The maximum Gasteiger partial charge on any atom is 0.231 e. The van der Waals surface area contributed by atoms with Gasteiger partial charge in [0.15, 0.2) is 9.84 Å². The van der Waals surface area contributed by atoms with Crippen LogP contribution in [0.25, 0.3) is 11.0 Å². The number of benzene rings is 1. The van der Waals surface area contributed by atoms with E-state index in [-0.39, 0.29) is 4.90 Å². The van der Waals surface area contributed by atoms with Crippen LogP contribution < -0.4 is 15.4 Å². The van der Waals surface area contributed by atoms with E-state index < -0.39 is 9.84 Å². The molecule has 30 heavy (non-hydrogen) atoms. The molecule has 1 aliphatic carbocycles. The summed E-state index contributed by atoms with van der Waals surface area (Å²) in [5, 5.41) is 16.7. The van der Waals surface area contributed by atoms with Crippen LogP contribution in [0.4, 0.5) is 17.5 Å². The Labute approximate surface area is 174 Å². The fourth-order valence-corrected chi connectivity index (χ4v) is 4.31. The minimum Gasteiger partial charge on any atom is -0.495 e. The summed E-state index contributed by atoms with van der Waals surface area (Å²) in [7, 11) is -1.89. The van der Waals surface area contributed by atoms with Gasteiger partial charge in [0, 0.05) is 24.6 Å². The zero-order valence-corrected chi connectivity index (χ0v) is 17.5. The molecule has 0 amide bonds. The van der Waals surface area contributed by atoms with Gasteiger partial charge in [-0.3, -0.25) is 0 Å². The van der Waals surface area contributed by atoms with E-state index in [0.29, 0.717) is 45.8 Å². The Morgan fingerprint density at radius 2 is 2.03 bits per heavy atom. The molecule has 0 spiro atoms. The number of rotatable bonds is 6. The number of aromatic amines is 1. The van der Waals surface area contributed by atoms with Crippen LogP contribution in [-0.2, 0) is 9.84 Å². The third kappa shape index (κ3) is 3.89. The minimum absolute atomic E-state index is 0.160. The molecular weight excluding hydrogens is 404 g/mol. The summed E-state index contributed by atoms with van der Waals surface area (Å²) < 4.78 is 29.0. The Balaban J connectivity index is 1.73. The first-order valence-corrected chi connectivity index (χ1v) is 11.5. The third-order valence-corrected chi connectivity index (χ3v) is 6.31. The van der Waals surface area contributed by atoms with Gasteiger partial charge in [-0.05, 0) is 25.0 Å². The van der Waals surface area contributed by atoms with Gasteiger partial charge in [0.25, 0.3) is 0 Å². The lowest BCUT2D eigenvalue weighted by molar-refractivity contribution is 0.415. The van der Waals surface area contributed by atoms with Crippen molar-refractivity contribution in [2.45, 2.75) is 36.6 Å². The van der Waals surface area contributed by atoms with Gasteiger partial charge in [-0.15, -0.1) is 0 Å². The monoisotopic (exact) mass is 426 g/mol. The number of ether oxygens (including phenoxy) is 1. The maximum atomic E-state index is 11.8. The van der Waals surface area contributed by atoms with Crippen molar-refractivity contribution in [3.05, 3.63) is 30.0 Å². The Morgan fingerprint density at radius 3 is 2.70 bits per heavy atom. The van der Waals surface area contributed by atoms with E-state index in [9.17, 15) is 13.7 Å². The van der Waals surface area contributed by atoms with E-state index in [0.717, 1.165) is 19.1 Å². The first-order chi connectivity index (χ1) is 14.4. The number of hydrogen-bond donors (Lipinski definition) is 3. The van der Waals surface area contributed by atoms with E-state index in [2.05, 4.69) is 31.7 Å². The zero-order valence-electron chi connectivity index (χ0n) is 16.7. The van der Waals surface area contributed by atoms with Crippen molar-refractivity contribution in [1.29, 1.82) is 5.26 Å². The molecule has 0 aliphatic heterocycles. The fourth-order valence-electron chi connectivity index (χ4n) is 3.67. The molecule has 1 aliphatic rings. The van der Waals surface area contributed by atoms with Gasteiger partial charge in [-0.1, -0.05) is 12.8 Å². The number of nitrogens with zero attached hydrogens (tertiary/aromatic N) is 3. The summed E-state index contributed by atoms with van der Waals surface area (Å²) >= 11 is 0. The topological polar surface area (TPSA) is 133 Å². The Bertz CT molecular complexity index is 1240. The van der Waals surface area contributed by atoms with Crippen molar-refractivity contribution in [2.75, 3.05) is 24.0 Å². The summed E-state index contributed by atoms with van der Waals surface area (Å²) in [6.45, 7) is 0. The van der Waals surface area contributed by atoms with Gasteiger partial charge >= 0.3 is 0 Å². The van der Waals surface area contributed by atoms with E-state index in [1.165, 1.54) is 32.1 Å². The van der Waals surface area contributed by atoms with Crippen LogP contribution in [0.3, 0.4) is 0 Å². The highest BCUT2D eigenvalue weighted by Gasteiger charge is 2.20. The van der Waals surface area contributed by atoms with Crippen LogP contribution in [0.2, 0.25) is 0 Å². The predicted octanol–water partition coefficient (Wildman–Crippen LogP) is 3.34. The number of hydrogen-bond acceptors (Lipinski definition) is 8. The molecule has 0 radical (unpaired) electrons. The fraction of sp³-hybridized carbons (Fsp3) is 0.350. The molecule has 156 valence electrons. The largest absolute Gasteiger partial charge is 0.495 e.